The Morgan fingerprint density at radius 2 is 1.95 bits per heavy atom. The van der Waals surface area contributed by atoms with Crippen LogP contribution < -0.4 is 5.32 Å². The number of nitrogens with zero attached hydrogens (tertiary/aromatic N) is 2. The van der Waals surface area contributed by atoms with Gasteiger partial charge >= 0.3 is 0 Å². The Morgan fingerprint density at radius 3 is 2.71 bits per heavy atom. The molecule has 0 atom stereocenters. The molecule has 2 heterocycles. The second-order valence-electron chi connectivity index (χ2n) is 5.74. The van der Waals surface area contributed by atoms with Crippen LogP contribution in [-0.2, 0) is 0 Å². The van der Waals surface area contributed by atoms with Crippen molar-refractivity contribution in [3.8, 4) is 0 Å². The summed E-state index contributed by atoms with van der Waals surface area (Å²) in [5.74, 6) is 1.47. The van der Waals surface area contributed by atoms with Crippen LogP contribution in [0.1, 0.15) is 38.7 Å². The van der Waals surface area contributed by atoms with Gasteiger partial charge < -0.3 is 5.32 Å². The number of hydrogen-bond acceptors (Lipinski definition) is 3. The lowest BCUT2D eigenvalue weighted by Crippen LogP contribution is -2.06. The van der Waals surface area contributed by atoms with Crippen molar-refractivity contribution >= 4 is 27.5 Å². The molecule has 108 valence electrons. The molecule has 0 saturated heterocycles. The zero-order chi connectivity index (χ0) is 14.8. The van der Waals surface area contributed by atoms with E-state index in [4.69, 9.17) is 4.98 Å². The monoisotopic (exact) mass is 279 g/mol. The quantitative estimate of drug-likeness (QED) is 0.702. The smallest absolute Gasteiger partial charge is 0.130 e. The number of hydrogen-bond donors (Lipinski definition) is 1. The molecule has 0 aliphatic heterocycles. The molecule has 0 aliphatic rings. The molecule has 3 heteroatoms. The summed E-state index contributed by atoms with van der Waals surface area (Å²) in [5.41, 5.74) is 2.34. The molecule has 0 radical (unpaired) electrons. The first-order valence-electron chi connectivity index (χ1n) is 7.62. The molecule has 1 N–H and O–H groups in total. The van der Waals surface area contributed by atoms with Gasteiger partial charge in [0, 0.05) is 35.1 Å². The number of benzene rings is 1. The molecule has 1 aromatic carbocycles. The van der Waals surface area contributed by atoms with Crippen LogP contribution in [0.15, 0.2) is 36.7 Å². The van der Waals surface area contributed by atoms with Gasteiger partial charge in [-0.05, 0) is 30.0 Å². The van der Waals surface area contributed by atoms with Crippen LogP contribution >= 0.6 is 0 Å². The molecule has 0 saturated carbocycles. The van der Waals surface area contributed by atoms with Gasteiger partial charge in [0.2, 0.25) is 0 Å². The molecule has 0 spiro atoms. The third kappa shape index (κ3) is 2.56. The Labute approximate surface area is 125 Å². The topological polar surface area (TPSA) is 37.8 Å². The maximum atomic E-state index is 4.92. The van der Waals surface area contributed by atoms with Crippen LogP contribution in [0.2, 0.25) is 0 Å². The normalized spacial score (nSPS) is 11.4. The second-order valence-corrected chi connectivity index (χ2v) is 5.74. The molecule has 0 bridgehead atoms. The third-order valence-electron chi connectivity index (χ3n) is 3.80. The lowest BCUT2D eigenvalue weighted by molar-refractivity contribution is 0.857. The van der Waals surface area contributed by atoms with Gasteiger partial charge in [-0.15, -0.1) is 0 Å². The zero-order valence-corrected chi connectivity index (χ0v) is 12.9. The minimum Gasteiger partial charge on any atom is -0.370 e. The second kappa shape index (κ2) is 5.68. The molecule has 3 nitrogen and oxygen atoms in total. The molecule has 3 aromatic rings. The van der Waals surface area contributed by atoms with Gasteiger partial charge in [0.05, 0.1) is 5.52 Å². The fourth-order valence-electron chi connectivity index (χ4n) is 2.65. The lowest BCUT2D eigenvalue weighted by Gasteiger charge is -2.15. The van der Waals surface area contributed by atoms with Gasteiger partial charge in [0.1, 0.15) is 5.82 Å². The summed E-state index contributed by atoms with van der Waals surface area (Å²) in [6, 6.07) is 8.58. The lowest BCUT2D eigenvalue weighted by atomic mass is 10.00. The molecular weight excluding hydrogens is 258 g/mol. The van der Waals surface area contributed by atoms with Crippen LogP contribution in [-0.4, -0.2) is 16.5 Å². The first-order valence-corrected chi connectivity index (χ1v) is 7.62. The fourth-order valence-corrected chi connectivity index (χ4v) is 2.65. The number of nitrogens with one attached hydrogen (secondary N) is 1. The van der Waals surface area contributed by atoms with Crippen molar-refractivity contribution in [2.45, 2.75) is 33.1 Å². The largest absolute Gasteiger partial charge is 0.370 e. The molecule has 21 heavy (non-hydrogen) atoms. The van der Waals surface area contributed by atoms with Crippen molar-refractivity contribution in [2.24, 2.45) is 0 Å². The highest BCUT2D eigenvalue weighted by atomic mass is 15.0. The summed E-state index contributed by atoms with van der Waals surface area (Å²) in [6.45, 7) is 7.55. The Kier molecular flexibility index (Phi) is 3.74. The summed E-state index contributed by atoms with van der Waals surface area (Å²) >= 11 is 0. The summed E-state index contributed by atoms with van der Waals surface area (Å²) < 4.78 is 0. The van der Waals surface area contributed by atoms with Crippen molar-refractivity contribution in [3.05, 3.63) is 42.2 Å². The number of rotatable bonds is 4. The Balaban J connectivity index is 2.27. The summed E-state index contributed by atoms with van der Waals surface area (Å²) in [4.78, 5) is 9.12. The van der Waals surface area contributed by atoms with Crippen molar-refractivity contribution in [1.82, 2.24) is 9.97 Å². The van der Waals surface area contributed by atoms with Crippen LogP contribution in [0.4, 0.5) is 5.82 Å². The molecule has 0 fully saturated rings. The molecule has 3 rings (SSSR count). The SMILES string of the molecule is CCCNc1nc2c(ccc3cnccc32)cc1C(C)C. The number of aromatic nitrogens is 2. The minimum absolute atomic E-state index is 0.453. The van der Waals surface area contributed by atoms with Crippen molar-refractivity contribution in [2.75, 3.05) is 11.9 Å². The van der Waals surface area contributed by atoms with E-state index in [2.05, 4.69) is 49.3 Å². The van der Waals surface area contributed by atoms with Crippen LogP contribution in [0, 0.1) is 0 Å². The Hall–Kier alpha value is -2.16. The molecule has 2 aromatic heterocycles. The van der Waals surface area contributed by atoms with Gasteiger partial charge in [-0.25, -0.2) is 4.98 Å². The average Bonchev–Trinajstić information content (AvgIpc) is 2.51. The van der Waals surface area contributed by atoms with Crippen molar-refractivity contribution < 1.29 is 0 Å². The highest BCUT2D eigenvalue weighted by Gasteiger charge is 2.11. The van der Waals surface area contributed by atoms with E-state index >= 15 is 0 Å². The molecule has 0 amide bonds. The summed E-state index contributed by atoms with van der Waals surface area (Å²) in [6.07, 6.45) is 4.82. The van der Waals surface area contributed by atoms with Gasteiger partial charge in [0.25, 0.3) is 0 Å². The van der Waals surface area contributed by atoms with Crippen molar-refractivity contribution in [3.63, 3.8) is 0 Å². The van der Waals surface area contributed by atoms with E-state index < -0.39 is 0 Å². The molecule has 0 aliphatic carbocycles. The van der Waals surface area contributed by atoms with E-state index in [1.165, 1.54) is 10.9 Å². The van der Waals surface area contributed by atoms with E-state index in [0.717, 1.165) is 35.1 Å². The maximum absolute atomic E-state index is 4.92. The van der Waals surface area contributed by atoms with E-state index in [1.807, 2.05) is 18.5 Å². The summed E-state index contributed by atoms with van der Waals surface area (Å²) in [7, 11) is 0. The first-order chi connectivity index (χ1) is 10.2. The Bertz CT molecular complexity index is 778. The van der Waals surface area contributed by atoms with Crippen LogP contribution in [0.3, 0.4) is 0 Å². The van der Waals surface area contributed by atoms with Crippen LogP contribution in [0.25, 0.3) is 21.7 Å². The predicted octanol–water partition coefficient (Wildman–Crippen LogP) is 4.73. The molecular formula is C18H21N3. The predicted molar refractivity (Wildman–Crippen MR) is 89.9 cm³/mol. The van der Waals surface area contributed by atoms with Gasteiger partial charge in [0.15, 0.2) is 0 Å². The first kappa shape index (κ1) is 13.8. The maximum Gasteiger partial charge on any atom is 0.130 e. The van der Waals surface area contributed by atoms with E-state index in [1.54, 1.807) is 0 Å². The van der Waals surface area contributed by atoms with E-state index in [0.29, 0.717) is 5.92 Å². The molecule has 0 unspecified atom stereocenters. The standard InChI is InChI=1S/C18H21N3/c1-4-8-20-18-16(12(2)3)10-13-5-6-14-11-19-9-7-15(14)17(13)21-18/h5-7,9-12H,4,8H2,1-3H3,(H,20,21). The number of fused-ring (bicyclic) bond motifs is 3. The highest BCUT2D eigenvalue weighted by Crippen LogP contribution is 2.30. The van der Waals surface area contributed by atoms with Gasteiger partial charge in [-0.3, -0.25) is 4.98 Å². The summed E-state index contributed by atoms with van der Waals surface area (Å²) in [5, 5.41) is 6.97. The van der Waals surface area contributed by atoms with Gasteiger partial charge in [-0.1, -0.05) is 32.9 Å². The van der Waals surface area contributed by atoms with Crippen LogP contribution in [0.5, 0.6) is 0 Å². The Morgan fingerprint density at radius 1 is 1.14 bits per heavy atom. The fraction of sp³-hybridized carbons (Fsp3) is 0.333. The highest BCUT2D eigenvalue weighted by molar-refractivity contribution is 6.05. The zero-order valence-electron chi connectivity index (χ0n) is 12.9. The number of anilines is 1. The van der Waals surface area contributed by atoms with E-state index in [-0.39, 0.29) is 0 Å². The van der Waals surface area contributed by atoms with Gasteiger partial charge in [-0.2, -0.15) is 0 Å². The van der Waals surface area contributed by atoms with E-state index in [9.17, 15) is 0 Å². The third-order valence-corrected chi connectivity index (χ3v) is 3.80. The average molecular weight is 279 g/mol. The van der Waals surface area contributed by atoms with Crippen molar-refractivity contribution in [1.29, 1.82) is 0 Å². The number of pyridine rings is 2. The minimum atomic E-state index is 0.453.